The smallest absolute Gasteiger partial charge is 0.163 e. The van der Waals surface area contributed by atoms with Crippen LogP contribution in [0.15, 0.2) is 18.3 Å². The molecule has 0 amide bonds. The summed E-state index contributed by atoms with van der Waals surface area (Å²) in [5.41, 5.74) is 2.15. The standard InChI is InChI=1S/C12H16N4/c1-9-5-4-8-16-11(9)14-15-12(16)10-6-2-3-7-13-10/h4-5,8,10,13H,2-3,6-7H2,1H3. The Labute approximate surface area is 94.7 Å². The van der Waals surface area contributed by atoms with Crippen LogP contribution in [-0.2, 0) is 0 Å². The van der Waals surface area contributed by atoms with Gasteiger partial charge in [0.15, 0.2) is 11.5 Å². The van der Waals surface area contributed by atoms with E-state index in [2.05, 4.69) is 39.0 Å². The molecule has 0 aromatic carbocycles. The number of aryl methyl sites for hydroxylation is 1. The van der Waals surface area contributed by atoms with Gasteiger partial charge >= 0.3 is 0 Å². The van der Waals surface area contributed by atoms with Gasteiger partial charge in [-0.25, -0.2) is 0 Å². The molecule has 2 aromatic heterocycles. The second-order valence-electron chi connectivity index (χ2n) is 4.45. The van der Waals surface area contributed by atoms with Crippen LogP contribution >= 0.6 is 0 Å². The summed E-state index contributed by atoms with van der Waals surface area (Å²) in [7, 11) is 0. The van der Waals surface area contributed by atoms with Crippen molar-refractivity contribution in [3.63, 3.8) is 0 Å². The van der Waals surface area contributed by atoms with E-state index < -0.39 is 0 Å². The fourth-order valence-corrected chi connectivity index (χ4v) is 2.38. The van der Waals surface area contributed by atoms with Gasteiger partial charge in [0.1, 0.15) is 0 Å². The molecule has 1 N–H and O–H groups in total. The van der Waals surface area contributed by atoms with Crippen molar-refractivity contribution in [2.24, 2.45) is 0 Å². The highest BCUT2D eigenvalue weighted by Crippen LogP contribution is 2.22. The molecule has 3 heterocycles. The maximum atomic E-state index is 4.33. The predicted molar refractivity (Wildman–Crippen MR) is 62.3 cm³/mol. The SMILES string of the molecule is Cc1cccn2c(C3CCCCN3)nnc12. The Morgan fingerprint density at radius 3 is 3.12 bits per heavy atom. The van der Waals surface area contributed by atoms with E-state index in [1.54, 1.807) is 0 Å². The Morgan fingerprint density at radius 1 is 1.38 bits per heavy atom. The molecular formula is C12H16N4. The van der Waals surface area contributed by atoms with E-state index in [4.69, 9.17) is 0 Å². The van der Waals surface area contributed by atoms with Crippen LogP contribution in [0.5, 0.6) is 0 Å². The van der Waals surface area contributed by atoms with Crippen LogP contribution in [0.1, 0.15) is 36.7 Å². The van der Waals surface area contributed by atoms with Gasteiger partial charge in [-0.1, -0.05) is 12.5 Å². The summed E-state index contributed by atoms with van der Waals surface area (Å²) in [5, 5.41) is 12.1. The molecule has 1 saturated heterocycles. The van der Waals surface area contributed by atoms with Crippen LogP contribution < -0.4 is 5.32 Å². The Hall–Kier alpha value is -1.42. The molecule has 0 saturated carbocycles. The third kappa shape index (κ3) is 1.50. The summed E-state index contributed by atoms with van der Waals surface area (Å²) in [4.78, 5) is 0. The maximum Gasteiger partial charge on any atom is 0.163 e. The lowest BCUT2D eigenvalue weighted by Gasteiger charge is -2.21. The lowest BCUT2D eigenvalue weighted by Crippen LogP contribution is -2.28. The summed E-state index contributed by atoms with van der Waals surface area (Å²) in [6.07, 6.45) is 5.76. The average Bonchev–Trinajstić information content (AvgIpc) is 2.75. The van der Waals surface area contributed by atoms with Gasteiger partial charge in [0.25, 0.3) is 0 Å². The van der Waals surface area contributed by atoms with Crippen molar-refractivity contribution in [3.8, 4) is 0 Å². The number of piperidine rings is 1. The number of hydrogen-bond acceptors (Lipinski definition) is 3. The molecule has 0 spiro atoms. The first kappa shape index (κ1) is 9.78. The maximum absolute atomic E-state index is 4.33. The Balaban J connectivity index is 2.06. The van der Waals surface area contributed by atoms with Crippen LogP contribution in [0.2, 0.25) is 0 Å². The molecular weight excluding hydrogens is 200 g/mol. The van der Waals surface area contributed by atoms with E-state index in [1.165, 1.54) is 18.4 Å². The third-order valence-electron chi connectivity index (χ3n) is 3.28. The van der Waals surface area contributed by atoms with E-state index in [-0.39, 0.29) is 0 Å². The van der Waals surface area contributed by atoms with Crippen molar-refractivity contribution >= 4 is 5.65 Å². The second-order valence-corrected chi connectivity index (χ2v) is 4.45. The van der Waals surface area contributed by atoms with Crippen LogP contribution in [0.25, 0.3) is 5.65 Å². The Kier molecular flexibility index (Phi) is 2.36. The van der Waals surface area contributed by atoms with Crippen LogP contribution in [-0.4, -0.2) is 21.1 Å². The first-order valence-electron chi connectivity index (χ1n) is 5.90. The number of aromatic nitrogens is 3. The molecule has 1 aliphatic rings. The summed E-state index contributed by atoms with van der Waals surface area (Å²) >= 11 is 0. The summed E-state index contributed by atoms with van der Waals surface area (Å²) < 4.78 is 2.11. The van der Waals surface area contributed by atoms with Gasteiger partial charge in [-0.05, 0) is 37.9 Å². The molecule has 1 fully saturated rings. The van der Waals surface area contributed by atoms with Gasteiger partial charge < -0.3 is 5.32 Å². The normalized spacial score (nSPS) is 21.4. The van der Waals surface area contributed by atoms with Crippen molar-refractivity contribution in [2.75, 3.05) is 6.54 Å². The number of pyridine rings is 1. The molecule has 0 aliphatic carbocycles. The fraction of sp³-hybridized carbons (Fsp3) is 0.500. The number of fused-ring (bicyclic) bond motifs is 1. The molecule has 4 nitrogen and oxygen atoms in total. The minimum Gasteiger partial charge on any atom is -0.307 e. The first-order valence-corrected chi connectivity index (χ1v) is 5.90. The monoisotopic (exact) mass is 216 g/mol. The molecule has 0 bridgehead atoms. The molecule has 1 unspecified atom stereocenters. The van der Waals surface area contributed by atoms with Gasteiger partial charge in [-0.3, -0.25) is 4.40 Å². The second kappa shape index (κ2) is 3.87. The van der Waals surface area contributed by atoms with Gasteiger partial charge in [-0.2, -0.15) is 0 Å². The topological polar surface area (TPSA) is 42.2 Å². The largest absolute Gasteiger partial charge is 0.307 e. The zero-order chi connectivity index (χ0) is 11.0. The summed E-state index contributed by atoms with van der Waals surface area (Å²) in [5.74, 6) is 1.05. The molecule has 3 rings (SSSR count). The van der Waals surface area contributed by atoms with Crippen molar-refractivity contribution in [1.29, 1.82) is 0 Å². The highest BCUT2D eigenvalue weighted by molar-refractivity contribution is 5.46. The summed E-state index contributed by atoms with van der Waals surface area (Å²) in [6.45, 7) is 3.16. The van der Waals surface area contributed by atoms with E-state index in [0.717, 1.165) is 24.4 Å². The average molecular weight is 216 g/mol. The highest BCUT2D eigenvalue weighted by Gasteiger charge is 2.20. The quantitative estimate of drug-likeness (QED) is 0.791. The molecule has 16 heavy (non-hydrogen) atoms. The molecule has 0 radical (unpaired) electrons. The van der Waals surface area contributed by atoms with Crippen molar-refractivity contribution in [2.45, 2.75) is 32.2 Å². The number of nitrogens with zero attached hydrogens (tertiary/aromatic N) is 3. The highest BCUT2D eigenvalue weighted by atomic mass is 15.3. The molecule has 4 heteroatoms. The Bertz CT molecular complexity index is 497. The molecule has 1 aliphatic heterocycles. The van der Waals surface area contributed by atoms with E-state index in [0.29, 0.717) is 6.04 Å². The van der Waals surface area contributed by atoms with Crippen molar-refractivity contribution in [3.05, 3.63) is 29.7 Å². The van der Waals surface area contributed by atoms with Crippen LogP contribution in [0.3, 0.4) is 0 Å². The van der Waals surface area contributed by atoms with E-state index in [1.807, 2.05) is 6.20 Å². The Morgan fingerprint density at radius 2 is 2.31 bits per heavy atom. The molecule has 1 atom stereocenters. The van der Waals surface area contributed by atoms with E-state index >= 15 is 0 Å². The van der Waals surface area contributed by atoms with Crippen molar-refractivity contribution < 1.29 is 0 Å². The van der Waals surface area contributed by atoms with Gasteiger partial charge in [0, 0.05) is 6.20 Å². The van der Waals surface area contributed by atoms with Gasteiger partial charge in [0.05, 0.1) is 6.04 Å². The fourth-order valence-electron chi connectivity index (χ4n) is 2.38. The zero-order valence-corrected chi connectivity index (χ0v) is 9.48. The molecule has 2 aromatic rings. The van der Waals surface area contributed by atoms with Crippen molar-refractivity contribution in [1.82, 2.24) is 19.9 Å². The predicted octanol–water partition coefficient (Wildman–Crippen LogP) is 1.85. The van der Waals surface area contributed by atoms with E-state index in [9.17, 15) is 0 Å². The summed E-state index contributed by atoms with van der Waals surface area (Å²) in [6, 6.07) is 4.49. The lowest BCUT2D eigenvalue weighted by atomic mass is 10.0. The molecule has 84 valence electrons. The first-order chi connectivity index (χ1) is 7.86. The van der Waals surface area contributed by atoms with Gasteiger partial charge in [0.2, 0.25) is 0 Å². The lowest BCUT2D eigenvalue weighted by molar-refractivity contribution is 0.395. The van der Waals surface area contributed by atoms with Crippen LogP contribution in [0, 0.1) is 6.92 Å². The van der Waals surface area contributed by atoms with Gasteiger partial charge in [-0.15, -0.1) is 10.2 Å². The minimum absolute atomic E-state index is 0.366. The number of hydrogen-bond donors (Lipinski definition) is 1. The number of rotatable bonds is 1. The zero-order valence-electron chi connectivity index (χ0n) is 9.48. The minimum atomic E-state index is 0.366. The third-order valence-corrected chi connectivity index (χ3v) is 3.28. The number of nitrogens with one attached hydrogen (secondary N) is 1. The van der Waals surface area contributed by atoms with Crippen LogP contribution in [0.4, 0.5) is 0 Å².